The fourth-order valence-corrected chi connectivity index (χ4v) is 3.42. The van der Waals surface area contributed by atoms with Crippen LogP contribution in [-0.4, -0.2) is 41.2 Å². The lowest BCUT2D eigenvalue weighted by atomic mass is 9.93. The number of likely N-dealkylation sites (tertiary alicyclic amines) is 1. The van der Waals surface area contributed by atoms with Crippen LogP contribution in [0.2, 0.25) is 5.02 Å². The molecule has 5 heteroatoms. The van der Waals surface area contributed by atoms with E-state index in [9.17, 15) is 9.90 Å². The SMILES string of the molecule is CCc1ccc(C(=O)N2CCCC(O)(COc3cccc(Cl)c3)C2)cc1. The maximum atomic E-state index is 12.8. The Morgan fingerprint density at radius 2 is 2.04 bits per heavy atom. The Morgan fingerprint density at radius 3 is 2.73 bits per heavy atom. The molecular weight excluding hydrogens is 350 g/mol. The summed E-state index contributed by atoms with van der Waals surface area (Å²) in [7, 11) is 0. The number of halogens is 1. The minimum absolute atomic E-state index is 0.0477. The first kappa shape index (κ1) is 18.7. The molecule has 1 unspecified atom stereocenters. The van der Waals surface area contributed by atoms with Crippen LogP contribution >= 0.6 is 11.6 Å². The predicted molar refractivity (Wildman–Crippen MR) is 103 cm³/mol. The molecule has 3 rings (SSSR count). The van der Waals surface area contributed by atoms with Crippen LogP contribution in [0.1, 0.15) is 35.7 Å². The fraction of sp³-hybridized carbons (Fsp3) is 0.381. The Labute approximate surface area is 159 Å². The van der Waals surface area contributed by atoms with Gasteiger partial charge in [0.25, 0.3) is 5.91 Å². The molecule has 2 aromatic carbocycles. The maximum absolute atomic E-state index is 12.8. The van der Waals surface area contributed by atoms with Gasteiger partial charge in [0, 0.05) is 17.1 Å². The van der Waals surface area contributed by atoms with Gasteiger partial charge < -0.3 is 14.7 Å². The van der Waals surface area contributed by atoms with Gasteiger partial charge in [-0.25, -0.2) is 0 Å². The zero-order chi connectivity index (χ0) is 18.6. The van der Waals surface area contributed by atoms with Gasteiger partial charge in [-0.3, -0.25) is 4.79 Å². The molecule has 4 nitrogen and oxygen atoms in total. The van der Waals surface area contributed by atoms with Gasteiger partial charge in [-0.2, -0.15) is 0 Å². The number of carbonyl (C=O) groups is 1. The Bertz CT molecular complexity index is 762. The van der Waals surface area contributed by atoms with Crippen LogP contribution in [0.15, 0.2) is 48.5 Å². The van der Waals surface area contributed by atoms with E-state index in [1.807, 2.05) is 24.3 Å². The quantitative estimate of drug-likeness (QED) is 0.863. The Kier molecular flexibility index (Phi) is 5.84. The molecule has 1 aliphatic rings. The molecule has 1 amide bonds. The molecule has 0 saturated carbocycles. The van der Waals surface area contributed by atoms with Crippen molar-refractivity contribution in [3.63, 3.8) is 0 Å². The molecule has 2 aromatic rings. The molecule has 1 atom stereocenters. The summed E-state index contributed by atoms with van der Waals surface area (Å²) in [6.45, 7) is 3.13. The van der Waals surface area contributed by atoms with Crippen LogP contribution in [-0.2, 0) is 6.42 Å². The molecule has 26 heavy (non-hydrogen) atoms. The van der Waals surface area contributed by atoms with Crippen LogP contribution in [0.5, 0.6) is 5.75 Å². The third kappa shape index (κ3) is 4.57. The van der Waals surface area contributed by atoms with E-state index in [1.54, 1.807) is 29.2 Å². The summed E-state index contributed by atoms with van der Waals surface area (Å²) in [5, 5.41) is 11.5. The molecule has 138 valence electrons. The van der Waals surface area contributed by atoms with Gasteiger partial charge in [-0.15, -0.1) is 0 Å². The van der Waals surface area contributed by atoms with Crippen molar-refractivity contribution in [1.82, 2.24) is 4.90 Å². The Morgan fingerprint density at radius 1 is 1.27 bits per heavy atom. The zero-order valence-corrected chi connectivity index (χ0v) is 15.7. The van der Waals surface area contributed by atoms with Crippen LogP contribution < -0.4 is 4.74 Å². The number of nitrogens with zero attached hydrogens (tertiary/aromatic N) is 1. The third-order valence-corrected chi connectivity index (χ3v) is 4.99. The number of aryl methyl sites for hydroxylation is 1. The average Bonchev–Trinajstić information content (AvgIpc) is 2.66. The van der Waals surface area contributed by atoms with Crippen LogP contribution in [0.4, 0.5) is 0 Å². The normalized spacial score (nSPS) is 20.0. The van der Waals surface area contributed by atoms with Gasteiger partial charge in [0.15, 0.2) is 0 Å². The smallest absolute Gasteiger partial charge is 0.253 e. The summed E-state index contributed by atoms with van der Waals surface area (Å²) < 4.78 is 5.72. The number of hydrogen-bond donors (Lipinski definition) is 1. The summed E-state index contributed by atoms with van der Waals surface area (Å²) in [5.74, 6) is 0.568. The van der Waals surface area contributed by atoms with Crippen LogP contribution in [0, 0.1) is 0 Å². The van der Waals surface area contributed by atoms with Gasteiger partial charge >= 0.3 is 0 Å². The highest BCUT2D eigenvalue weighted by Gasteiger charge is 2.36. The van der Waals surface area contributed by atoms with Gasteiger partial charge in [0.2, 0.25) is 0 Å². The number of hydrogen-bond acceptors (Lipinski definition) is 3. The summed E-state index contributed by atoms with van der Waals surface area (Å²) in [5.41, 5.74) is 0.799. The number of carbonyl (C=O) groups excluding carboxylic acids is 1. The van der Waals surface area contributed by atoms with Crippen molar-refractivity contribution in [2.75, 3.05) is 19.7 Å². The van der Waals surface area contributed by atoms with Crippen molar-refractivity contribution < 1.29 is 14.6 Å². The molecule has 1 aliphatic heterocycles. The predicted octanol–water partition coefficient (Wildman–Crippen LogP) is 3.95. The summed E-state index contributed by atoms with van der Waals surface area (Å²) in [6, 6.07) is 14.8. The van der Waals surface area contributed by atoms with Crippen molar-refractivity contribution in [1.29, 1.82) is 0 Å². The van der Waals surface area contributed by atoms with E-state index in [0.717, 1.165) is 12.8 Å². The largest absolute Gasteiger partial charge is 0.490 e. The zero-order valence-electron chi connectivity index (χ0n) is 15.0. The molecule has 0 bridgehead atoms. The highest BCUT2D eigenvalue weighted by molar-refractivity contribution is 6.30. The maximum Gasteiger partial charge on any atom is 0.253 e. The second-order valence-corrected chi connectivity index (χ2v) is 7.29. The Balaban J connectivity index is 1.64. The first-order chi connectivity index (χ1) is 12.5. The van der Waals surface area contributed by atoms with E-state index in [4.69, 9.17) is 16.3 Å². The average molecular weight is 374 g/mol. The van der Waals surface area contributed by atoms with Crippen molar-refractivity contribution in [3.8, 4) is 5.75 Å². The van der Waals surface area contributed by atoms with E-state index in [1.165, 1.54) is 5.56 Å². The summed E-state index contributed by atoms with van der Waals surface area (Å²) in [4.78, 5) is 14.5. The topological polar surface area (TPSA) is 49.8 Å². The molecule has 1 saturated heterocycles. The van der Waals surface area contributed by atoms with Gasteiger partial charge in [-0.1, -0.05) is 36.7 Å². The highest BCUT2D eigenvalue weighted by atomic mass is 35.5. The number of rotatable bonds is 5. The molecule has 0 aromatic heterocycles. The number of amides is 1. The lowest BCUT2D eigenvalue weighted by Gasteiger charge is -2.39. The minimum Gasteiger partial charge on any atom is -0.490 e. The molecule has 1 heterocycles. The number of piperidine rings is 1. The van der Waals surface area contributed by atoms with E-state index in [2.05, 4.69) is 6.92 Å². The van der Waals surface area contributed by atoms with E-state index in [0.29, 0.717) is 29.3 Å². The van der Waals surface area contributed by atoms with Crippen LogP contribution in [0.3, 0.4) is 0 Å². The van der Waals surface area contributed by atoms with E-state index in [-0.39, 0.29) is 19.1 Å². The molecular formula is C21H24ClNO3. The second kappa shape index (κ2) is 8.11. The number of β-amino-alcohol motifs (C(OH)–C–C–N with tert-alkyl or cyclic N) is 1. The number of benzene rings is 2. The van der Waals surface area contributed by atoms with Crippen molar-refractivity contribution in [2.45, 2.75) is 31.8 Å². The first-order valence-electron chi connectivity index (χ1n) is 8.98. The van der Waals surface area contributed by atoms with Crippen molar-refractivity contribution in [2.24, 2.45) is 0 Å². The Hall–Kier alpha value is -2.04. The number of aliphatic hydroxyl groups is 1. The monoisotopic (exact) mass is 373 g/mol. The lowest BCUT2D eigenvalue weighted by molar-refractivity contribution is -0.0532. The standard InChI is InChI=1S/C21H24ClNO3/c1-2-16-7-9-17(10-8-16)20(24)23-12-4-11-21(25,14-23)15-26-19-6-3-5-18(22)13-19/h3,5-10,13,25H,2,4,11-12,14-15H2,1H3. The molecule has 0 radical (unpaired) electrons. The van der Waals surface area contributed by atoms with E-state index < -0.39 is 5.60 Å². The minimum atomic E-state index is -1.06. The van der Waals surface area contributed by atoms with Crippen molar-refractivity contribution in [3.05, 3.63) is 64.7 Å². The third-order valence-electron chi connectivity index (χ3n) is 4.76. The first-order valence-corrected chi connectivity index (χ1v) is 9.36. The lowest BCUT2D eigenvalue weighted by Crippen LogP contribution is -2.53. The molecule has 0 spiro atoms. The van der Waals surface area contributed by atoms with Crippen molar-refractivity contribution >= 4 is 17.5 Å². The van der Waals surface area contributed by atoms with Crippen LogP contribution in [0.25, 0.3) is 0 Å². The number of ether oxygens (including phenoxy) is 1. The highest BCUT2D eigenvalue weighted by Crippen LogP contribution is 2.25. The fourth-order valence-electron chi connectivity index (χ4n) is 3.24. The van der Waals surface area contributed by atoms with Gasteiger partial charge in [-0.05, 0) is 55.2 Å². The molecule has 0 aliphatic carbocycles. The van der Waals surface area contributed by atoms with Gasteiger partial charge in [0.1, 0.15) is 18.0 Å². The summed E-state index contributed by atoms with van der Waals surface area (Å²) in [6.07, 6.45) is 2.29. The summed E-state index contributed by atoms with van der Waals surface area (Å²) >= 11 is 5.96. The van der Waals surface area contributed by atoms with E-state index >= 15 is 0 Å². The molecule has 1 fully saturated rings. The second-order valence-electron chi connectivity index (χ2n) is 6.85. The molecule has 1 N–H and O–H groups in total. The van der Waals surface area contributed by atoms with Gasteiger partial charge in [0.05, 0.1) is 6.54 Å².